The molecule has 16 heavy (non-hydrogen) atoms. The van der Waals surface area contributed by atoms with Crippen molar-refractivity contribution in [1.82, 2.24) is 4.90 Å². The van der Waals surface area contributed by atoms with Crippen molar-refractivity contribution < 1.29 is 0 Å². The van der Waals surface area contributed by atoms with Crippen molar-refractivity contribution in [2.24, 2.45) is 5.92 Å². The highest BCUT2D eigenvalue weighted by Crippen LogP contribution is 2.32. The molecular formula is C14H24N2. The monoisotopic (exact) mass is 220 g/mol. The number of nitrogens with zero attached hydrogens (tertiary/aromatic N) is 2. The minimum Gasteiger partial charge on any atom is -0.296 e. The number of rotatable bonds is 2. The highest BCUT2D eigenvalue weighted by Gasteiger charge is 2.34. The molecule has 0 aromatic carbocycles. The Hall–Kier alpha value is -0.550. The van der Waals surface area contributed by atoms with Gasteiger partial charge in [-0.05, 0) is 38.6 Å². The van der Waals surface area contributed by atoms with E-state index in [2.05, 4.69) is 17.9 Å². The van der Waals surface area contributed by atoms with Crippen LogP contribution in [0.5, 0.6) is 0 Å². The van der Waals surface area contributed by atoms with E-state index in [9.17, 15) is 5.26 Å². The molecule has 2 heteroatoms. The van der Waals surface area contributed by atoms with Crippen molar-refractivity contribution in [3.63, 3.8) is 0 Å². The lowest BCUT2D eigenvalue weighted by molar-refractivity contribution is 0.136. The molecule has 1 aliphatic carbocycles. The first-order valence-electron chi connectivity index (χ1n) is 7.02. The lowest BCUT2D eigenvalue weighted by Gasteiger charge is -2.34. The third-order valence-corrected chi connectivity index (χ3v) is 4.47. The zero-order chi connectivity index (χ0) is 11.4. The first kappa shape index (κ1) is 11.9. The van der Waals surface area contributed by atoms with Crippen LogP contribution >= 0.6 is 0 Å². The smallest absolute Gasteiger partial charge is 0.0672 e. The first-order chi connectivity index (χ1) is 7.86. The summed E-state index contributed by atoms with van der Waals surface area (Å²) in [5.74, 6) is 0.301. The highest BCUT2D eigenvalue weighted by atomic mass is 15.2. The standard InChI is InChI=1S/C14H24N2/c1-2-13-8-6-10-16(13)14-9-5-3-4-7-12(14)11-15/h12-14H,2-10H2,1H3. The Morgan fingerprint density at radius 3 is 2.69 bits per heavy atom. The van der Waals surface area contributed by atoms with Crippen LogP contribution in [0, 0.1) is 17.2 Å². The van der Waals surface area contributed by atoms with Gasteiger partial charge in [-0.1, -0.05) is 26.2 Å². The van der Waals surface area contributed by atoms with Gasteiger partial charge in [-0.15, -0.1) is 0 Å². The maximum atomic E-state index is 9.33. The molecule has 90 valence electrons. The van der Waals surface area contributed by atoms with E-state index in [0.717, 1.165) is 12.5 Å². The average molecular weight is 220 g/mol. The molecule has 0 spiro atoms. The second kappa shape index (κ2) is 5.68. The molecule has 2 rings (SSSR count). The predicted molar refractivity (Wildman–Crippen MR) is 66.0 cm³/mol. The Bertz CT molecular complexity index is 256. The summed E-state index contributed by atoms with van der Waals surface area (Å²) < 4.78 is 0. The van der Waals surface area contributed by atoms with E-state index in [4.69, 9.17) is 0 Å². The van der Waals surface area contributed by atoms with Crippen LogP contribution < -0.4 is 0 Å². The van der Waals surface area contributed by atoms with E-state index in [1.165, 1.54) is 51.5 Å². The van der Waals surface area contributed by atoms with Gasteiger partial charge in [-0.25, -0.2) is 0 Å². The third-order valence-electron chi connectivity index (χ3n) is 4.47. The molecular weight excluding hydrogens is 196 g/mol. The summed E-state index contributed by atoms with van der Waals surface area (Å²) in [6, 6.07) is 3.91. The van der Waals surface area contributed by atoms with Crippen molar-refractivity contribution >= 4 is 0 Å². The molecule has 0 N–H and O–H groups in total. The van der Waals surface area contributed by atoms with Crippen molar-refractivity contribution in [2.45, 2.75) is 70.4 Å². The van der Waals surface area contributed by atoms with E-state index >= 15 is 0 Å². The second-order valence-corrected chi connectivity index (χ2v) is 5.38. The minimum atomic E-state index is 0.301. The van der Waals surface area contributed by atoms with Gasteiger partial charge < -0.3 is 0 Å². The van der Waals surface area contributed by atoms with Gasteiger partial charge in [0.15, 0.2) is 0 Å². The molecule has 3 unspecified atom stereocenters. The van der Waals surface area contributed by atoms with Gasteiger partial charge in [0.1, 0.15) is 0 Å². The lowest BCUT2D eigenvalue weighted by atomic mass is 9.94. The van der Waals surface area contributed by atoms with Crippen LogP contribution in [0.3, 0.4) is 0 Å². The van der Waals surface area contributed by atoms with Gasteiger partial charge in [0.05, 0.1) is 12.0 Å². The van der Waals surface area contributed by atoms with Gasteiger partial charge in [0, 0.05) is 12.1 Å². The third kappa shape index (κ3) is 2.40. The maximum Gasteiger partial charge on any atom is 0.0672 e. The predicted octanol–water partition coefficient (Wildman–Crippen LogP) is 3.33. The molecule has 1 saturated carbocycles. The minimum absolute atomic E-state index is 0.301. The molecule has 0 bridgehead atoms. The fourth-order valence-corrected chi connectivity index (χ4v) is 3.57. The molecule has 2 nitrogen and oxygen atoms in total. The van der Waals surface area contributed by atoms with Crippen LogP contribution in [0.25, 0.3) is 0 Å². The Morgan fingerprint density at radius 1 is 1.12 bits per heavy atom. The molecule has 2 fully saturated rings. The summed E-state index contributed by atoms with van der Waals surface area (Å²) in [5, 5.41) is 9.33. The first-order valence-corrected chi connectivity index (χ1v) is 7.02. The summed E-state index contributed by atoms with van der Waals surface area (Å²) in [6.45, 7) is 3.53. The summed E-state index contributed by atoms with van der Waals surface area (Å²) in [7, 11) is 0. The topological polar surface area (TPSA) is 27.0 Å². The molecule has 1 saturated heterocycles. The molecule has 0 amide bonds. The van der Waals surface area contributed by atoms with Crippen molar-refractivity contribution in [3.8, 4) is 6.07 Å². The zero-order valence-corrected chi connectivity index (χ0v) is 10.5. The Kier molecular flexibility index (Phi) is 4.23. The van der Waals surface area contributed by atoms with Crippen LogP contribution in [0.1, 0.15) is 58.3 Å². The molecule has 0 radical (unpaired) electrons. The fourth-order valence-electron chi connectivity index (χ4n) is 3.57. The van der Waals surface area contributed by atoms with Crippen LogP contribution in [-0.2, 0) is 0 Å². The summed E-state index contributed by atoms with van der Waals surface area (Å²) >= 11 is 0. The molecule has 0 aromatic rings. The SMILES string of the molecule is CCC1CCCN1C1CCCCCC1C#N. The lowest BCUT2D eigenvalue weighted by Crippen LogP contribution is -2.42. The van der Waals surface area contributed by atoms with E-state index in [1.54, 1.807) is 0 Å². The van der Waals surface area contributed by atoms with Crippen LogP contribution in [0.4, 0.5) is 0 Å². The van der Waals surface area contributed by atoms with Gasteiger partial charge in [0.2, 0.25) is 0 Å². The summed E-state index contributed by atoms with van der Waals surface area (Å²) in [6.07, 6.45) is 10.3. The fraction of sp³-hybridized carbons (Fsp3) is 0.929. The highest BCUT2D eigenvalue weighted by molar-refractivity contribution is 4.97. The largest absolute Gasteiger partial charge is 0.296 e. The van der Waals surface area contributed by atoms with Gasteiger partial charge in [0.25, 0.3) is 0 Å². The van der Waals surface area contributed by atoms with Crippen molar-refractivity contribution in [3.05, 3.63) is 0 Å². The van der Waals surface area contributed by atoms with Crippen molar-refractivity contribution in [1.29, 1.82) is 5.26 Å². The number of likely N-dealkylation sites (tertiary alicyclic amines) is 1. The molecule has 0 aromatic heterocycles. The molecule has 1 heterocycles. The average Bonchev–Trinajstić information content (AvgIpc) is 2.66. The van der Waals surface area contributed by atoms with E-state index < -0.39 is 0 Å². The summed E-state index contributed by atoms with van der Waals surface area (Å²) in [5.41, 5.74) is 0. The normalized spacial score (nSPS) is 36.9. The van der Waals surface area contributed by atoms with E-state index in [0.29, 0.717) is 12.0 Å². The molecule has 2 aliphatic rings. The van der Waals surface area contributed by atoms with E-state index in [1.807, 2.05) is 0 Å². The number of hydrogen-bond donors (Lipinski definition) is 0. The quantitative estimate of drug-likeness (QED) is 0.667. The molecule has 3 atom stereocenters. The Balaban J connectivity index is 2.06. The number of hydrogen-bond acceptors (Lipinski definition) is 2. The zero-order valence-electron chi connectivity index (χ0n) is 10.5. The Morgan fingerprint density at radius 2 is 1.94 bits per heavy atom. The summed E-state index contributed by atoms with van der Waals surface area (Å²) in [4.78, 5) is 2.67. The van der Waals surface area contributed by atoms with Crippen molar-refractivity contribution in [2.75, 3.05) is 6.54 Å². The van der Waals surface area contributed by atoms with Crippen LogP contribution in [-0.4, -0.2) is 23.5 Å². The van der Waals surface area contributed by atoms with Gasteiger partial charge >= 0.3 is 0 Å². The molecule has 1 aliphatic heterocycles. The maximum absolute atomic E-state index is 9.33. The second-order valence-electron chi connectivity index (χ2n) is 5.38. The van der Waals surface area contributed by atoms with Crippen LogP contribution in [0.2, 0.25) is 0 Å². The van der Waals surface area contributed by atoms with Crippen LogP contribution in [0.15, 0.2) is 0 Å². The van der Waals surface area contributed by atoms with E-state index in [-0.39, 0.29) is 0 Å². The number of nitriles is 1. The van der Waals surface area contributed by atoms with Gasteiger partial charge in [-0.2, -0.15) is 5.26 Å². The van der Waals surface area contributed by atoms with Gasteiger partial charge in [-0.3, -0.25) is 4.90 Å². The Labute approximate surface area is 99.6 Å².